The molecular weight excluding hydrogens is 242 g/mol. The summed E-state index contributed by atoms with van der Waals surface area (Å²) in [5, 5.41) is 0. The number of hydrogen-bond donors (Lipinski definition) is 1. The second-order valence-corrected chi connectivity index (χ2v) is 5.16. The SMILES string of the molecule is COC(C)(C)CCOC(=O)CC(N)c1ccccc1. The summed E-state index contributed by atoms with van der Waals surface area (Å²) in [6.45, 7) is 4.26. The van der Waals surface area contributed by atoms with Crippen LogP contribution in [0, 0.1) is 0 Å². The fourth-order valence-electron chi connectivity index (χ4n) is 1.57. The van der Waals surface area contributed by atoms with Gasteiger partial charge in [0.15, 0.2) is 0 Å². The van der Waals surface area contributed by atoms with E-state index >= 15 is 0 Å². The van der Waals surface area contributed by atoms with Crippen molar-refractivity contribution in [2.75, 3.05) is 13.7 Å². The molecule has 0 spiro atoms. The summed E-state index contributed by atoms with van der Waals surface area (Å²) >= 11 is 0. The minimum atomic E-state index is -0.316. The molecule has 4 heteroatoms. The number of hydrogen-bond acceptors (Lipinski definition) is 4. The molecular formula is C15H23NO3. The van der Waals surface area contributed by atoms with Gasteiger partial charge in [-0.1, -0.05) is 30.3 Å². The molecule has 1 aromatic carbocycles. The third kappa shape index (κ3) is 5.85. The summed E-state index contributed by atoms with van der Waals surface area (Å²) in [7, 11) is 1.65. The van der Waals surface area contributed by atoms with Crippen molar-refractivity contribution < 1.29 is 14.3 Å². The predicted molar refractivity (Wildman–Crippen MR) is 74.7 cm³/mol. The van der Waals surface area contributed by atoms with Crippen molar-refractivity contribution in [3.63, 3.8) is 0 Å². The van der Waals surface area contributed by atoms with Crippen LogP contribution < -0.4 is 5.73 Å². The maximum Gasteiger partial charge on any atom is 0.307 e. The summed E-state index contributed by atoms with van der Waals surface area (Å²) in [4.78, 5) is 11.7. The van der Waals surface area contributed by atoms with E-state index in [1.165, 1.54) is 0 Å². The van der Waals surface area contributed by atoms with E-state index in [0.29, 0.717) is 13.0 Å². The molecule has 1 rings (SSSR count). The Morgan fingerprint density at radius 2 is 1.95 bits per heavy atom. The van der Waals surface area contributed by atoms with Crippen LogP contribution in [0.5, 0.6) is 0 Å². The number of esters is 1. The molecule has 0 aliphatic carbocycles. The Morgan fingerprint density at radius 1 is 1.32 bits per heavy atom. The van der Waals surface area contributed by atoms with Crippen LogP contribution in [0.25, 0.3) is 0 Å². The quantitative estimate of drug-likeness (QED) is 0.769. The molecule has 19 heavy (non-hydrogen) atoms. The van der Waals surface area contributed by atoms with Gasteiger partial charge in [0.1, 0.15) is 0 Å². The zero-order valence-corrected chi connectivity index (χ0v) is 11.9. The van der Waals surface area contributed by atoms with Crippen molar-refractivity contribution in [2.24, 2.45) is 5.73 Å². The molecule has 0 saturated carbocycles. The normalized spacial score (nSPS) is 13.1. The lowest BCUT2D eigenvalue weighted by molar-refractivity contribution is -0.145. The van der Waals surface area contributed by atoms with Crippen molar-refractivity contribution in [1.82, 2.24) is 0 Å². The lowest BCUT2D eigenvalue weighted by Crippen LogP contribution is -2.26. The lowest BCUT2D eigenvalue weighted by Gasteiger charge is -2.22. The van der Waals surface area contributed by atoms with Crippen molar-refractivity contribution >= 4 is 5.97 Å². The standard InChI is InChI=1S/C15H23NO3/c1-15(2,18-3)9-10-19-14(17)11-13(16)12-7-5-4-6-8-12/h4-8,13H,9-11,16H2,1-3H3. The van der Waals surface area contributed by atoms with Gasteiger partial charge < -0.3 is 15.2 Å². The molecule has 0 amide bonds. The Kier molecular flexibility index (Phi) is 5.99. The smallest absolute Gasteiger partial charge is 0.307 e. The van der Waals surface area contributed by atoms with Gasteiger partial charge in [-0.05, 0) is 19.4 Å². The number of rotatable bonds is 7. The third-order valence-electron chi connectivity index (χ3n) is 3.13. The highest BCUT2D eigenvalue weighted by atomic mass is 16.5. The molecule has 0 radical (unpaired) electrons. The highest BCUT2D eigenvalue weighted by Crippen LogP contribution is 2.15. The number of carbonyl (C=O) groups excluding carboxylic acids is 1. The van der Waals surface area contributed by atoms with Crippen LogP contribution in [0.3, 0.4) is 0 Å². The zero-order chi connectivity index (χ0) is 14.3. The van der Waals surface area contributed by atoms with Crippen LogP contribution in [-0.4, -0.2) is 25.3 Å². The number of ether oxygens (including phenoxy) is 2. The van der Waals surface area contributed by atoms with Crippen molar-refractivity contribution in [1.29, 1.82) is 0 Å². The first kappa shape index (κ1) is 15.7. The molecule has 1 aromatic rings. The molecule has 0 fully saturated rings. The van der Waals surface area contributed by atoms with Crippen LogP contribution in [0.4, 0.5) is 0 Å². The Bertz CT molecular complexity index is 390. The van der Waals surface area contributed by atoms with Gasteiger partial charge in [-0.25, -0.2) is 0 Å². The minimum absolute atomic E-state index is 0.192. The molecule has 2 N–H and O–H groups in total. The molecule has 0 aromatic heterocycles. The summed E-state index contributed by atoms with van der Waals surface area (Å²) in [6, 6.07) is 9.23. The Labute approximate surface area is 114 Å². The van der Waals surface area contributed by atoms with Gasteiger partial charge in [0.05, 0.1) is 18.6 Å². The fraction of sp³-hybridized carbons (Fsp3) is 0.533. The molecule has 1 unspecified atom stereocenters. The van der Waals surface area contributed by atoms with E-state index in [1.54, 1.807) is 7.11 Å². The number of carbonyl (C=O) groups is 1. The molecule has 0 bridgehead atoms. The number of benzene rings is 1. The van der Waals surface area contributed by atoms with Crippen LogP contribution in [-0.2, 0) is 14.3 Å². The van der Waals surface area contributed by atoms with Gasteiger partial charge in [0.2, 0.25) is 0 Å². The maximum atomic E-state index is 11.7. The minimum Gasteiger partial charge on any atom is -0.466 e. The van der Waals surface area contributed by atoms with Crippen molar-refractivity contribution in [3.05, 3.63) is 35.9 Å². The number of methoxy groups -OCH3 is 1. The highest BCUT2D eigenvalue weighted by Gasteiger charge is 2.18. The van der Waals surface area contributed by atoms with Gasteiger partial charge in [-0.15, -0.1) is 0 Å². The van der Waals surface area contributed by atoms with Crippen LogP contribution in [0.2, 0.25) is 0 Å². The predicted octanol–water partition coefficient (Wildman–Crippen LogP) is 2.43. The monoisotopic (exact) mass is 265 g/mol. The van der Waals surface area contributed by atoms with E-state index in [0.717, 1.165) is 5.56 Å². The van der Waals surface area contributed by atoms with E-state index in [9.17, 15) is 4.79 Å². The van der Waals surface area contributed by atoms with E-state index in [1.807, 2.05) is 44.2 Å². The molecule has 0 saturated heterocycles. The van der Waals surface area contributed by atoms with E-state index in [-0.39, 0.29) is 24.0 Å². The van der Waals surface area contributed by atoms with Gasteiger partial charge >= 0.3 is 5.97 Å². The number of nitrogens with two attached hydrogens (primary N) is 1. The Hall–Kier alpha value is -1.39. The van der Waals surface area contributed by atoms with Gasteiger partial charge in [-0.2, -0.15) is 0 Å². The van der Waals surface area contributed by atoms with E-state index in [2.05, 4.69) is 0 Å². The summed E-state index contributed by atoms with van der Waals surface area (Å²) in [6.07, 6.45) is 0.854. The summed E-state index contributed by atoms with van der Waals surface area (Å²) in [5.74, 6) is -0.275. The van der Waals surface area contributed by atoms with Gasteiger partial charge in [0, 0.05) is 19.6 Å². The largest absolute Gasteiger partial charge is 0.466 e. The summed E-state index contributed by atoms with van der Waals surface area (Å²) in [5.41, 5.74) is 6.62. The Morgan fingerprint density at radius 3 is 2.53 bits per heavy atom. The van der Waals surface area contributed by atoms with Crippen LogP contribution in [0.15, 0.2) is 30.3 Å². The van der Waals surface area contributed by atoms with Crippen molar-refractivity contribution in [3.8, 4) is 0 Å². The Balaban J connectivity index is 2.32. The summed E-state index contributed by atoms with van der Waals surface area (Å²) < 4.78 is 10.4. The molecule has 0 heterocycles. The zero-order valence-electron chi connectivity index (χ0n) is 11.9. The van der Waals surface area contributed by atoms with Gasteiger partial charge in [0.25, 0.3) is 0 Å². The first-order valence-corrected chi connectivity index (χ1v) is 6.46. The second kappa shape index (κ2) is 7.26. The van der Waals surface area contributed by atoms with Crippen molar-refractivity contribution in [2.45, 2.75) is 38.3 Å². The molecule has 0 aliphatic heterocycles. The lowest BCUT2D eigenvalue weighted by atomic mass is 10.0. The first-order valence-electron chi connectivity index (χ1n) is 6.46. The van der Waals surface area contributed by atoms with E-state index in [4.69, 9.17) is 15.2 Å². The second-order valence-electron chi connectivity index (χ2n) is 5.16. The van der Waals surface area contributed by atoms with Crippen LogP contribution >= 0.6 is 0 Å². The maximum absolute atomic E-state index is 11.7. The first-order chi connectivity index (χ1) is 8.94. The van der Waals surface area contributed by atoms with Gasteiger partial charge in [-0.3, -0.25) is 4.79 Å². The molecule has 0 aliphatic rings. The topological polar surface area (TPSA) is 61.5 Å². The molecule has 1 atom stereocenters. The third-order valence-corrected chi connectivity index (χ3v) is 3.13. The van der Waals surface area contributed by atoms with Crippen LogP contribution in [0.1, 0.15) is 38.3 Å². The van der Waals surface area contributed by atoms with E-state index < -0.39 is 0 Å². The fourth-order valence-corrected chi connectivity index (χ4v) is 1.57. The average Bonchev–Trinajstić information content (AvgIpc) is 2.39. The average molecular weight is 265 g/mol. The highest BCUT2D eigenvalue weighted by molar-refractivity contribution is 5.70. The molecule has 4 nitrogen and oxygen atoms in total. The molecule has 106 valence electrons.